The molecule has 11 heteroatoms. The number of likely N-dealkylation sites (tertiary alicyclic amines) is 1. The third-order valence-corrected chi connectivity index (χ3v) is 9.96. The number of benzene rings is 2. The van der Waals surface area contributed by atoms with Gasteiger partial charge in [-0.3, -0.25) is 19.3 Å². The number of piperidine rings is 1. The largest absolute Gasteiger partial charge is 0.457 e. The molecule has 2 aromatic carbocycles. The number of halogens is 1. The lowest BCUT2D eigenvalue weighted by atomic mass is 9.77. The second-order valence-electron chi connectivity index (χ2n) is 12.7. The maximum atomic E-state index is 13.9. The zero-order valence-corrected chi connectivity index (χ0v) is 28.0. The standard InChI is InChI=1S/C35H48N4O6.ClH/c1-4-5-20-39-33(42)30(31(40)25-8-14-27(44-3)15-9-25)37-34(43)35(39)18-21-38(22-19-35)23-24-6-12-28(13-7-24)45-29-16-10-26(11-17-29)32(41)36-2;/h6-7,10-13,16-17,25,27,30-31,40H,4-5,8-9,14-15,18-23H2,1-3H3,(H,36,41)(H,37,43);1H/t25?,27?,30-,31-;/m1./s1. The highest BCUT2D eigenvalue weighted by Crippen LogP contribution is 2.37. The molecule has 1 aliphatic carbocycles. The Labute approximate surface area is 278 Å². The Kier molecular flexibility index (Phi) is 12.5. The summed E-state index contributed by atoms with van der Waals surface area (Å²) in [5.41, 5.74) is 0.828. The van der Waals surface area contributed by atoms with Crippen molar-refractivity contribution >= 4 is 30.1 Å². The number of rotatable bonds is 11. The molecule has 0 bridgehead atoms. The summed E-state index contributed by atoms with van der Waals surface area (Å²) in [6.45, 7) is 4.72. The summed E-state index contributed by atoms with van der Waals surface area (Å²) in [5.74, 6) is 0.919. The summed E-state index contributed by atoms with van der Waals surface area (Å²) >= 11 is 0. The highest BCUT2D eigenvalue weighted by Gasteiger charge is 2.55. The topological polar surface area (TPSA) is 120 Å². The molecule has 5 rings (SSSR count). The SMILES string of the molecule is CCCCN1C(=O)[C@@H]([C@H](O)C2CCC(OC)CC2)NC(=O)C12CCN(Cc1ccc(Oc3ccc(C(=O)NC)cc3)cc1)CC2.Cl. The van der Waals surface area contributed by atoms with Crippen LogP contribution in [0.5, 0.6) is 11.5 Å². The molecule has 3 aliphatic rings. The van der Waals surface area contributed by atoms with Gasteiger partial charge in [-0.1, -0.05) is 25.5 Å². The van der Waals surface area contributed by atoms with Crippen LogP contribution in [0.4, 0.5) is 0 Å². The molecule has 0 radical (unpaired) electrons. The van der Waals surface area contributed by atoms with Crippen LogP contribution in [0.15, 0.2) is 48.5 Å². The Balaban J connectivity index is 0.00000480. The molecule has 0 unspecified atom stereocenters. The minimum Gasteiger partial charge on any atom is -0.457 e. The van der Waals surface area contributed by atoms with Gasteiger partial charge in [0.25, 0.3) is 5.91 Å². The maximum Gasteiger partial charge on any atom is 0.251 e. The van der Waals surface area contributed by atoms with Crippen molar-refractivity contribution in [2.24, 2.45) is 5.92 Å². The number of piperazine rings is 1. The van der Waals surface area contributed by atoms with E-state index < -0.39 is 17.7 Å². The molecule has 2 atom stereocenters. The second kappa shape index (κ2) is 16.1. The van der Waals surface area contributed by atoms with E-state index in [1.54, 1.807) is 38.4 Å². The van der Waals surface area contributed by atoms with E-state index in [0.29, 0.717) is 49.5 Å². The lowest BCUT2D eigenvalue weighted by Crippen LogP contribution is -2.75. The molecule has 2 aromatic rings. The Hall–Kier alpha value is -3.18. The van der Waals surface area contributed by atoms with Gasteiger partial charge in [-0.2, -0.15) is 0 Å². The van der Waals surface area contributed by atoms with Gasteiger partial charge in [0.05, 0.1) is 12.2 Å². The number of ether oxygens (including phenoxy) is 2. The van der Waals surface area contributed by atoms with Crippen molar-refractivity contribution in [3.63, 3.8) is 0 Å². The average molecular weight is 657 g/mol. The van der Waals surface area contributed by atoms with E-state index in [9.17, 15) is 19.5 Å². The van der Waals surface area contributed by atoms with E-state index in [-0.39, 0.29) is 42.2 Å². The maximum absolute atomic E-state index is 13.9. The lowest BCUT2D eigenvalue weighted by Gasteiger charge is -2.52. The predicted molar refractivity (Wildman–Crippen MR) is 178 cm³/mol. The minimum absolute atomic E-state index is 0. The number of aliphatic hydroxyl groups is 1. The molecule has 3 amide bonds. The summed E-state index contributed by atoms with van der Waals surface area (Å²) in [6.07, 6.45) is 5.45. The number of unbranched alkanes of at least 4 members (excludes halogenated alkanes) is 1. The third-order valence-electron chi connectivity index (χ3n) is 9.96. The van der Waals surface area contributed by atoms with Crippen molar-refractivity contribution < 1.29 is 29.0 Å². The molecule has 252 valence electrons. The molecular formula is C35H49ClN4O6. The molecule has 1 saturated carbocycles. The lowest BCUT2D eigenvalue weighted by molar-refractivity contribution is -0.166. The van der Waals surface area contributed by atoms with Gasteiger partial charge in [0, 0.05) is 45.9 Å². The van der Waals surface area contributed by atoms with Crippen LogP contribution in [0.25, 0.3) is 0 Å². The van der Waals surface area contributed by atoms with Crippen molar-refractivity contribution in [1.29, 1.82) is 0 Å². The van der Waals surface area contributed by atoms with E-state index in [1.807, 2.05) is 29.2 Å². The Morgan fingerprint density at radius 2 is 1.63 bits per heavy atom. The Morgan fingerprint density at radius 3 is 2.20 bits per heavy atom. The number of nitrogens with zero attached hydrogens (tertiary/aromatic N) is 2. The number of carbonyl (C=O) groups excluding carboxylic acids is 3. The minimum atomic E-state index is -0.894. The smallest absolute Gasteiger partial charge is 0.251 e. The fourth-order valence-corrected chi connectivity index (χ4v) is 7.10. The van der Waals surface area contributed by atoms with Crippen LogP contribution < -0.4 is 15.4 Å². The van der Waals surface area contributed by atoms with Gasteiger partial charge in [0.2, 0.25) is 11.8 Å². The number of carbonyl (C=O) groups is 3. The molecule has 2 heterocycles. The highest BCUT2D eigenvalue weighted by atomic mass is 35.5. The average Bonchev–Trinajstić information content (AvgIpc) is 3.08. The quantitative estimate of drug-likeness (QED) is 0.330. The first-order valence-corrected chi connectivity index (χ1v) is 16.4. The van der Waals surface area contributed by atoms with E-state index in [4.69, 9.17) is 9.47 Å². The van der Waals surface area contributed by atoms with E-state index in [1.165, 1.54) is 0 Å². The van der Waals surface area contributed by atoms with Crippen LogP contribution in [0.2, 0.25) is 0 Å². The molecule has 3 fully saturated rings. The van der Waals surface area contributed by atoms with Crippen LogP contribution >= 0.6 is 12.4 Å². The summed E-state index contributed by atoms with van der Waals surface area (Å²) in [4.78, 5) is 43.7. The van der Waals surface area contributed by atoms with Crippen LogP contribution in [0.3, 0.4) is 0 Å². The zero-order valence-electron chi connectivity index (χ0n) is 27.2. The number of aliphatic hydroxyl groups excluding tert-OH is 1. The fourth-order valence-electron chi connectivity index (χ4n) is 7.10. The first kappa shape index (κ1) is 35.7. The van der Waals surface area contributed by atoms with Crippen LogP contribution in [0.1, 0.15) is 74.2 Å². The van der Waals surface area contributed by atoms with Gasteiger partial charge < -0.3 is 30.1 Å². The molecule has 1 spiro atoms. The zero-order chi connectivity index (χ0) is 32.0. The highest BCUT2D eigenvalue weighted by molar-refractivity contribution is 6.00. The van der Waals surface area contributed by atoms with Crippen LogP contribution in [-0.4, -0.2) is 90.2 Å². The first-order chi connectivity index (χ1) is 21.8. The van der Waals surface area contributed by atoms with Gasteiger partial charge in [-0.15, -0.1) is 12.4 Å². The predicted octanol–water partition coefficient (Wildman–Crippen LogP) is 4.29. The second-order valence-corrected chi connectivity index (χ2v) is 12.7. The number of hydrogen-bond acceptors (Lipinski definition) is 7. The van der Waals surface area contributed by atoms with Crippen molar-refractivity contribution in [1.82, 2.24) is 20.4 Å². The molecular weight excluding hydrogens is 608 g/mol. The van der Waals surface area contributed by atoms with Gasteiger partial charge >= 0.3 is 0 Å². The number of methoxy groups -OCH3 is 1. The van der Waals surface area contributed by atoms with Crippen LogP contribution in [-0.2, 0) is 20.9 Å². The normalized spacial score (nSPS) is 23.7. The number of hydrogen-bond donors (Lipinski definition) is 3. The molecule has 2 aliphatic heterocycles. The summed E-state index contributed by atoms with van der Waals surface area (Å²) in [5, 5.41) is 16.9. The van der Waals surface area contributed by atoms with Gasteiger partial charge in [-0.25, -0.2) is 0 Å². The monoisotopic (exact) mass is 656 g/mol. The molecule has 2 saturated heterocycles. The van der Waals surface area contributed by atoms with Crippen molar-refractivity contribution in [3.05, 3.63) is 59.7 Å². The Morgan fingerprint density at radius 1 is 1.02 bits per heavy atom. The molecule has 0 aromatic heterocycles. The van der Waals surface area contributed by atoms with Crippen molar-refractivity contribution in [3.8, 4) is 11.5 Å². The summed E-state index contributed by atoms with van der Waals surface area (Å²) in [7, 11) is 3.32. The van der Waals surface area contributed by atoms with Gasteiger partial charge in [0.15, 0.2) is 0 Å². The molecule has 10 nitrogen and oxygen atoms in total. The fraction of sp³-hybridized carbons (Fsp3) is 0.571. The van der Waals surface area contributed by atoms with Crippen LogP contribution in [0, 0.1) is 5.92 Å². The first-order valence-electron chi connectivity index (χ1n) is 16.4. The van der Waals surface area contributed by atoms with Gasteiger partial charge in [0.1, 0.15) is 23.1 Å². The Bertz CT molecular complexity index is 1310. The van der Waals surface area contributed by atoms with Crippen molar-refractivity contribution in [2.45, 2.75) is 88.6 Å². The van der Waals surface area contributed by atoms with Gasteiger partial charge in [-0.05, 0) is 92.8 Å². The van der Waals surface area contributed by atoms with E-state index in [2.05, 4.69) is 22.5 Å². The third kappa shape index (κ3) is 7.85. The number of nitrogens with one attached hydrogen (secondary N) is 2. The van der Waals surface area contributed by atoms with E-state index >= 15 is 0 Å². The summed E-state index contributed by atoms with van der Waals surface area (Å²) < 4.78 is 11.4. The van der Waals surface area contributed by atoms with E-state index in [0.717, 1.165) is 50.6 Å². The molecule has 3 N–H and O–H groups in total. The van der Waals surface area contributed by atoms with Crippen molar-refractivity contribution in [2.75, 3.05) is 33.8 Å². The number of amides is 3. The summed E-state index contributed by atoms with van der Waals surface area (Å²) in [6, 6.07) is 14.0. The molecule has 46 heavy (non-hydrogen) atoms.